The Morgan fingerprint density at radius 2 is 2.43 bits per heavy atom. The van der Waals surface area contributed by atoms with Crippen molar-refractivity contribution in [3.63, 3.8) is 0 Å². The molecule has 1 aromatic heterocycles. The first-order chi connectivity index (χ1) is 6.72. The normalized spacial score (nSPS) is 13.4. The number of hydrogen-bond donors (Lipinski definition) is 1. The van der Waals surface area contributed by atoms with Crippen molar-refractivity contribution < 1.29 is 5.11 Å². The molecule has 0 spiro atoms. The van der Waals surface area contributed by atoms with Crippen LogP contribution in [0.5, 0.6) is 0 Å². The van der Waals surface area contributed by atoms with E-state index in [1.807, 2.05) is 7.05 Å². The number of likely N-dealkylation sites (N-methyl/N-ethyl adjacent to an activating group) is 1. The predicted octanol–water partition coefficient (Wildman–Crippen LogP) is 1.82. The van der Waals surface area contributed by atoms with E-state index in [0.29, 0.717) is 12.4 Å². The van der Waals surface area contributed by atoms with E-state index in [0.717, 1.165) is 13.0 Å². The fraction of sp³-hybridized carbons (Fsp3) is 0.600. The fourth-order valence-corrected chi connectivity index (χ4v) is 2.05. The molecule has 0 radical (unpaired) electrons. The topological polar surface area (TPSA) is 23.5 Å². The van der Waals surface area contributed by atoms with Crippen molar-refractivity contribution >= 4 is 22.9 Å². The highest BCUT2D eigenvalue weighted by atomic mass is 35.5. The van der Waals surface area contributed by atoms with Gasteiger partial charge in [-0.25, -0.2) is 0 Å². The number of thiophene rings is 1. The zero-order valence-electron chi connectivity index (χ0n) is 8.32. The van der Waals surface area contributed by atoms with Crippen LogP contribution in [0.3, 0.4) is 0 Å². The lowest BCUT2D eigenvalue weighted by molar-refractivity contribution is 0.145. The van der Waals surface area contributed by atoms with Crippen molar-refractivity contribution in [3.8, 4) is 0 Å². The van der Waals surface area contributed by atoms with Gasteiger partial charge in [0.25, 0.3) is 0 Å². The molecule has 0 saturated carbocycles. The summed E-state index contributed by atoms with van der Waals surface area (Å²) in [5.41, 5.74) is 0. The average Bonchev–Trinajstić information content (AvgIpc) is 2.67. The molecule has 0 aliphatic heterocycles. The van der Waals surface area contributed by atoms with Gasteiger partial charge in [-0.05, 0) is 24.9 Å². The quantitative estimate of drug-likeness (QED) is 0.758. The molecule has 2 nitrogen and oxygen atoms in total. The largest absolute Gasteiger partial charge is 0.391 e. The molecule has 0 amide bonds. The van der Waals surface area contributed by atoms with E-state index in [-0.39, 0.29) is 0 Å². The molecule has 0 aliphatic rings. The van der Waals surface area contributed by atoms with Gasteiger partial charge in [0, 0.05) is 23.8 Å². The number of aliphatic hydroxyl groups excluding tert-OH is 1. The van der Waals surface area contributed by atoms with Crippen LogP contribution in [0, 0.1) is 0 Å². The predicted molar refractivity (Wildman–Crippen MR) is 62.2 cm³/mol. The van der Waals surface area contributed by atoms with Crippen LogP contribution in [0.1, 0.15) is 4.88 Å². The molecule has 1 N–H and O–H groups in total. The first kappa shape index (κ1) is 12.0. The van der Waals surface area contributed by atoms with Crippen LogP contribution in [0.2, 0.25) is 0 Å². The highest BCUT2D eigenvalue weighted by Gasteiger charge is 2.06. The van der Waals surface area contributed by atoms with Gasteiger partial charge in [0.1, 0.15) is 0 Å². The van der Waals surface area contributed by atoms with Gasteiger partial charge >= 0.3 is 0 Å². The smallest absolute Gasteiger partial charge is 0.0802 e. The molecule has 1 rings (SSSR count). The Kier molecular flexibility index (Phi) is 5.48. The van der Waals surface area contributed by atoms with Crippen LogP contribution >= 0.6 is 22.9 Å². The van der Waals surface area contributed by atoms with Gasteiger partial charge in [-0.3, -0.25) is 0 Å². The first-order valence-electron chi connectivity index (χ1n) is 4.67. The van der Waals surface area contributed by atoms with E-state index < -0.39 is 6.10 Å². The molecule has 0 saturated heterocycles. The zero-order chi connectivity index (χ0) is 10.4. The lowest BCUT2D eigenvalue weighted by atomic mass is 10.3. The number of nitrogens with zero attached hydrogens (tertiary/aromatic N) is 1. The molecule has 0 aliphatic carbocycles. The van der Waals surface area contributed by atoms with Crippen molar-refractivity contribution in [2.75, 3.05) is 26.0 Å². The monoisotopic (exact) mass is 233 g/mol. The van der Waals surface area contributed by atoms with Crippen molar-refractivity contribution in [2.45, 2.75) is 12.5 Å². The standard InChI is InChI=1S/C10H16ClNOS/c1-12(8-9(13)7-11)5-4-10-3-2-6-14-10/h2-3,6,9,13H,4-5,7-8H2,1H3. The Morgan fingerprint density at radius 3 is 3.00 bits per heavy atom. The fourth-order valence-electron chi connectivity index (χ4n) is 1.26. The minimum atomic E-state index is -0.412. The third kappa shape index (κ3) is 4.42. The van der Waals surface area contributed by atoms with Gasteiger partial charge in [-0.15, -0.1) is 22.9 Å². The van der Waals surface area contributed by atoms with Gasteiger partial charge in [-0.1, -0.05) is 6.07 Å². The van der Waals surface area contributed by atoms with Crippen molar-refractivity contribution in [1.82, 2.24) is 4.90 Å². The van der Waals surface area contributed by atoms with Crippen LogP contribution in [-0.2, 0) is 6.42 Å². The molecule has 0 aromatic carbocycles. The van der Waals surface area contributed by atoms with Crippen molar-refractivity contribution in [3.05, 3.63) is 22.4 Å². The Labute approximate surface area is 94.1 Å². The molecule has 1 unspecified atom stereocenters. The van der Waals surface area contributed by atoms with Crippen molar-refractivity contribution in [2.24, 2.45) is 0 Å². The summed E-state index contributed by atoms with van der Waals surface area (Å²) < 4.78 is 0. The number of halogens is 1. The summed E-state index contributed by atoms with van der Waals surface area (Å²) in [4.78, 5) is 3.49. The van der Waals surface area contributed by atoms with Crippen LogP contribution in [0.15, 0.2) is 17.5 Å². The summed E-state index contributed by atoms with van der Waals surface area (Å²) in [6.07, 6.45) is 0.633. The van der Waals surface area contributed by atoms with E-state index >= 15 is 0 Å². The summed E-state index contributed by atoms with van der Waals surface area (Å²) in [5, 5.41) is 11.4. The first-order valence-corrected chi connectivity index (χ1v) is 6.08. The van der Waals surface area contributed by atoms with Gasteiger partial charge in [-0.2, -0.15) is 0 Å². The molecule has 0 bridgehead atoms. The minimum Gasteiger partial charge on any atom is -0.391 e. The second-order valence-electron chi connectivity index (χ2n) is 3.40. The lowest BCUT2D eigenvalue weighted by Gasteiger charge is -2.18. The maximum Gasteiger partial charge on any atom is 0.0802 e. The Morgan fingerprint density at radius 1 is 1.64 bits per heavy atom. The molecule has 14 heavy (non-hydrogen) atoms. The number of aliphatic hydroxyl groups is 1. The molecule has 1 aromatic rings. The van der Waals surface area contributed by atoms with E-state index in [1.165, 1.54) is 4.88 Å². The molecular weight excluding hydrogens is 218 g/mol. The van der Waals surface area contributed by atoms with Crippen LogP contribution < -0.4 is 0 Å². The highest BCUT2D eigenvalue weighted by Crippen LogP contribution is 2.09. The third-order valence-electron chi connectivity index (χ3n) is 2.02. The Balaban J connectivity index is 2.18. The van der Waals surface area contributed by atoms with Crippen LogP contribution in [-0.4, -0.2) is 42.1 Å². The second-order valence-corrected chi connectivity index (χ2v) is 4.74. The van der Waals surface area contributed by atoms with Gasteiger partial charge in [0.15, 0.2) is 0 Å². The third-order valence-corrected chi connectivity index (χ3v) is 3.31. The summed E-state index contributed by atoms with van der Waals surface area (Å²) in [5.74, 6) is 0.309. The minimum absolute atomic E-state index is 0.309. The molecule has 0 fully saturated rings. The summed E-state index contributed by atoms with van der Waals surface area (Å²) in [6, 6.07) is 4.20. The lowest BCUT2D eigenvalue weighted by Crippen LogP contribution is -2.31. The maximum atomic E-state index is 9.31. The molecule has 80 valence electrons. The van der Waals surface area contributed by atoms with Gasteiger partial charge in [0.2, 0.25) is 0 Å². The van der Waals surface area contributed by atoms with E-state index in [1.54, 1.807) is 11.3 Å². The van der Waals surface area contributed by atoms with Gasteiger partial charge in [0.05, 0.1) is 6.10 Å². The highest BCUT2D eigenvalue weighted by molar-refractivity contribution is 7.09. The molecule has 1 atom stereocenters. The Hall–Kier alpha value is -0.0900. The number of hydrogen-bond acceptors (Lipinski definition) is 3. The molecular formula is C10H16ClNOS. The number of rotatable bonds is 6. The van der Waals surface area contributed by atoms with Crippen LogP contribution in [0.25, 0.3) is 0 Å². The van der Waals surface area contributed by atoms with E-state index in [9.17, 15) is 5.11 Å². The number of alkyl halides is 1. The summed E-state index contributed by atoms with van der Waals surface area (Å²) in [6.45, 7) is 1.61. The van der Waals surface area contributed by atoms with Crippen molar-refractivity contribution in [1.29, 1.82) is 0 Å². The second kappa shape index (κ2) is 6.40. The molecule has 4 heteroatoms. The summed E-state index contributed by atoms with van der Waals surface area (Å²) in [7, 11) is 2.00. The average molecular weight is 234 g/mol. The van der Waals surface area contributed by atoms with Crippen LogP contribution in [0.4, 0.5) is 0 Å². The Bertz CT molecular complexity index is 240. The van der Waals surface area contributed by atoms with E-state index in [2.05, 4.69) is 22.4 Å². The maximum absolute atomic E-state index is 9.31. The zero-order valence-corrected chi connectivity index (χ0v) is 9.89. The van der Waals surface area contributed by atoms with E-state index in [4.69, 9.17) is 11.6 Å². The molecule has 1 heterocycles. The SMILES string of the molecule is CN(CCc1cccs1)CC(O)CCl. The summed E-state index contributed by atoms with van der Waals surface area (Å²) >= 11 is 7.30. The van der Waals surface area contributed by atoms with Gasteiger partial charge < -0.3 is 10.0 Å².